The Kier molecular flexibility index (Phi) is 4.27. The minimum absolute atomic E-state index is 0.446. The van der Waals surface area contributed by atoms with E-state index >= 15 is 0 Å². The summed E-state index contributed by atoms with van der Waals surface area (Å²) in [6.45, 7) is 0. The molecule has 0 fully saturated rings. The van der Waals surface area contributed by atoms with Crippen molar-refractivity contribution in [2.45, 2.75) is 6.42 Å². The predicted octanol–water partition coefficient (Wildman–Crippen LogP) is 1.75. The molecular formula is C12H12O4. The Bertz CT molecular complexity index is 421. The van der Waals surface area contributed by atoms with E-state index in [0.29, 0.717) is 5.75 Å². The number of benzene rings is 1. The highest BCUT2D eigenvalue weighted by Gasteiger charge is 2.04. The predicted molar refractivity (Wildman–Crippen MR) is 59.3 cm³/mol. The van der Waals surface area contributed by atoms with Crippen molar-refractivity contribution in [2.24, 2.45) is 0 Å². The van der Waals surface area contributed by atoms with Crippen LogP contribution in [0, 0.1) is 0 Å². The third-order valence-corrected chi connectivity index (χ3v) is 1.91. The van der Waals surface area contributed by atoms with Crippen LogP contribution >= 0.6 is 0 Å². The molecule has 0 saturated heterocycles. The first-order valence-corrected chi connectivity index (χ1v) is 4.69. The van der Waals surface area contributed by atoms with E-state index in [0.717, 1.165) is 5.56 Å². The van der Waals surface area contributed by atoms with Gasteiger partial charge in [0.1, 0.15) is 12.2 Å². The van der Waals surface area contributed by atoms with Crippen LogP contribution in [0.5, 0.6) is 5.75 Å². The van der Waals surface area contributed by atoms with Crippen molar-refractivity contribution in [3.63, 3.8) is 0 Å². The van der Waals surface area contributed by atoms with Gasteiger partial charge in [0.05, 0.1) is 7.11 Å². The second-order valence-corrected chi connectivity index (χ2v) is 3.11. The van der Waals surface area contributed by atoms with E-state index in [-0.39, 0.29) is 0 Å². The molecule has 84 valence electrons. The number of carboxylic acid groups (broad SMARTS) is 1. The van der Waals surface area contributed by atoms with Crippen LogP contribution in [0.15, 0.2) is 30.3 Å². The van der Waals surface area contributed by atoms with Crippen LogP contribution in [-0.4, -0.2) is 24.0 Å². The Hall–Kier alpha value is -2.10. The van der Waals surface area contributed by atoms with Gasteiger partial charge in [-0.3, -0.25) is 9.59 Å². The molecule has 0 radical (unpaired) electrons. The quantitative estimate of drug-likeness (QED) is 0.606. The summed E-state index contributed by atoms with van der Waals surface area (Å²) in [5, 5.41) is 8.40. The van der Waals surface area contributed by atoms with Crippen molar-refractivity contribution in [3.05, 3.63) is 35.9 Å². The fourth-order valence-corrected chi connectivity index (χ4v) is 1.19. The van der Waals surface area contributed by atoms with Crippen LogP contribution in [-0.2, 0) is 9.59 Å². The molecule has 0 bridgehead atoms. The molecule has 0 aliphatic rings. The fourth-order valence-electron chi connectivity index (χ4n) is 1.19. The van der Waals surface area contributed by atoms with E-state index in [1.54, 1.807) is 18.2 Å². The summed E-state index contributed by atoms with van der Waals surface area (Å²) < 4.78 is 5.08. The number of aliphatic carboxylic acids is 1. The monoisotopic (exact) mass is 220 g/mol. The molecule has 0 aromatic heterocycles. The molecule has 0 heterocycles. The number of hydrogen-bond acceptors (Lipinski definition) is 3. The smallest absolute Gasteiger partial charge is 0.311 e. The lowest BCUT2D eigenvalue weighted by molar-refractivity contribution is -0.139. The van der Waals surface area contributed by atoms with Crippen molar-refractivity contribution in [1.82, 2.24) is 0 Å². The maximum Gasteiger partial charge on any atom is 0.311 e. The van der Waals surface area contributed by atoms with Gasteiger partial charge in [-0.1, -0.05) is 18.2 Å². The Morgan fingerprint density at radius 2 is 2.06 bits per heavy atom. The molecule has 0 atom stereocenters. The van der Waals surface area contributed by atoms with E-state index < -0.39 is 18.2 Å². The number of rotatable bonds is 5. The number of allylic oxidation sites excluding steroid dienone is 1. The minimum Gasteiger partial charge on any atom is -0.496 e. The topological polar surface area (TPSA) is 63.6 Å². The molecule has 1 rings (SSSR count). The van der Waals surface area contributed by atoms with Gasteiger partial charge in [-0.15, -0.1) is 0 Å². The van der Waals surface area contributed by atoms with Crippen molar-refractivity contribution < 1.29 is 19.4 Å². The van der Waals surface area contributed by atoms with Gasteiger partial charge in [0, 0.05) is 5.56 Å². The highest BCUT2D eigenvalue weighted by molar-refractivity contribution is 6.03. The third-order valence-electron chi connectivity index (χ3n) is 1.91. The molecule has 4 nitrogen and oxygen atoms in total. The van der Waals surface area contributed by atoms with Crippen molar-refractivity contribution >= 4 is 17.8 Å². The van der Waals surface area contributed by atoms with Crippen molar-refractivity contribution in [3.8, 4) is 5.75 Å². The summed E-state index contributed by atoms with van der Waals surface area (Å²) in [7, 11) is 1.53. The first-order chi connectivity index (χ1) is 7.63. The lowest BCUT2D eigenvalue weighted by atomic mass is 10.1. The molecule has 16 heavy (non-hydrogen) atoms. The third kappa shape index (κ3) is 3.57. The molecule has 0 saturated carbocycles. The zero-order valence-corrected chi connectivity index (χ0v) is 8.84. The molecule has 0 aliphatic carbocycles. The summed E-state index contributed by atoms with van der Waals surface area (Å²) in [6.07, 6.45) is 2.29. The Balaban J connectivity index is 2.76. The molecule has 0 aliphatic heterocycles. The molecule has 1 aromatic rings. The summed E-state index contributed by atoms with van der Waals surface area (Å²) in [4.78, 5) is 21.4. The van der Waals surface area contributed by atoms with E-state index in [9.17, 15) is 9.59 Å². The highest BCUT2D eigenvalue weighted by Crippen LogP contribution is 2.18. The molecule has 1 aromatic carbocycles. The number of carboxylic acids is 1. The van der Waals surface area contributed by atoms with Crippen molar-refractivity contribution in [1.29, 1.82) is 0 Å². The molecule has 0 amide bonds. The van der Waals surface area contributed by atoms with Crippen LogP contribution in [0.2, 0.25) is 0 Å². The van der Waals surface area contributed by atoms with Gasteiger partial charge in [0.25, 0.3) is 0 Å². The molecule has 1 N–H and O–H groups in total. The fraction of sp³-hybridized carbons (Fsp3) is 0.167. The largest absolute Gasteiger partial charge is 0.496 e. The first kappa shape index (κ1) is 12.0. The maximum absolute atomic E-state index is 11.1. The standard InChI is InChI=1S/C12H12O4/c1-16-11-5-3-2-4-9(11)6-7-10(13)8-12(14)15/h2-7H,8H2,1H3,(H,14,15). The molecule has 4 heteroatoms. The summed E-state index contributed by atoms with van der Waals surface area (Å²) in [5.74, 6) is -0.935. The van der Waals surface area contributed by atoms with Crippen LogP contribution in [0.3, 0.4) is 0 Å². The van der Waals surface area contributed by atoms with Crippen LogP contribution in [0.4, 0.5) is 0 Å². The van der Waals surface area contributed by atoms with Crippen LogP contribution in [0.1, 0.15) is 12.0 Å². The lowest BCUT2D eigenvalue weighted by Gasteiger charge is -2.02. The molecule has 0 unspecified atom stereocenters. The van der Waals surface area contributed by atoms with Crippen LogP contribution in [0.25, 0.3) is 6.08 Å². The molecule has 0 spiro atoms. The maximum atomic E-state index is 11.1. The van der Waals surface area contributed by atoms with Crippen LogP contribution < -0.4 is 4.74 Å². The van der Waals surface area contributed by atoms with Gasteiger partial charge in [0.2, 0.25) is 0 Å². The van der Waals surface area contributed by atoms with Gasteiger partial charge in [-0.2, -0.15) is 0 Å². The average molecular weight is 220 g/mol. The SMILES string of the molecule is COc1ccccc1C=CC(=O)CC(=O)O. The Morgan fingerprint density at radius 3 is 2.69 bits per heavy atom. The number of ketones is 1. The lowest BCUT2D eigenvalue weighted by Crippen LogP contribution is -2.03. The summed E-state index contributed by atoms with van der Waals surface area (Å²) in [5.41, 5.74) is 0.740. The van der Waals surface area contributed by atoms with E-state index in [2.05, 4.69) is 0 Å². The molecular weight excluding hydrogens is 208 g/mol. The number of methoxy groups -OCH3 is 1. The van der Waals surface area contributed by atoms with Gasteiger partial charge in [0.15, 0.2) is 5.78 Å². The zero-order chi connectivity index (χ0) is 12.0. The highest BCUT2D eigenvalue weighted by atomic mass is 16.5. The Morgan fingerprint density at radius 1 is 1.38 bits per heavy atom. The summed E-state index contributed by atoms with van der Waals surface area (Å²) in [6, 6.07) is 7.17. The van der Waals surface area contributed by atoms with Gasteiger partial charge >= 0.3 is 5.97 Å². The van der Waals surface area contributed by atoms with E-state index in [1.165, 1.54) is 13.2 Å². The van der Waals surface area contributed by atoms with Gasteiger partial charge < -0.3 is 9.84 Å². The average Bonchev–Trinajstić information content (AvgIpc) is 2.26. The first-order valence-electron chi connectivity index (χ1n) is 4.69. The normalized spacial score (nSPS) is 10.3. The second kappa shape index (κ2) is 5.70. The Labute approximate surface area is 93.2 Å². The number of ether oxygens (including phenoxy) is 1. The second-order valence-electron chi connectivity index (χ2n) is 3.11. The summed E-state index contributed by atoms with van der Waals surface area (Å²) >= 11 is 0. The van der Waals surface area contributed by atoms with E-state index in [1.807, 2.05) is 12.1 Å². The minimum atomic E-state index is -1.13. The number of para-hydroxylation sites is 1. The van der Waals surface area contributed by atoms with Crippen molar-refractivity contribution in [2.75, 3.05) is 7.11 Å². The number of carbonyl (C=O) groups excluding carboxylic acids is 1. The van der Waals surface area contributed by atoms with E-state index in [4.69, 9.17) is 9.84 Å². The number of carbonyl (C=O) groups is 2. The van der Waals surface area contributed by atoms with Gasteiger partial charge in [-0.05, 0) is 18.2 Å². The van der Waals surface area contributed by atoms with Gasteiger partial charge in [-0.25, -0.2) is 0 Å². The number of hydrogen-bond donors (Lipinski definition) is 1. The zero-order valence-electron chi connectivity index (χ0n) is 8.84.